The molecule has 4 aliphatic heterocycles. The summed E-state index contributed by atoms with van der Waals surface area (Å²) in [5.74, 6) is -7.50. The smallest absolute Gasteiger partial charge is 0.352 e. The van der Waals surface area contributed by atoms with Gasteiger partial charge in [-0.15, -0.1) is 23.1 Å². The van der Waals surface area contributed by atoms with Crippen LogP contribution < -0.4 is 16.4 Å². The molecule has 0 aliphatic carbocycles. The molecule has 53 heavy (non-hydrogen) atoms. The van der Waals surface area contributed by atoms with Crippen molar-refractivity contribution in [3.05, 3.63) is 45.1 Å². The van der Waals surface area contributed by atoms with Crippen molar-refractivity contribution in [2.75, 3.05) is 18.0 Å². The van der Waals surface area contributed by atoms with Gasteiger partial charge in [-0.05, 0) is 43.4 Å². The SMILES string of the molecule is Nc1nc(/C(=N/O[C@@H](CC(=O)O)C(=O)O)C(=O)N[C@@H]2C(=O)N3C(C(=O)O)=C(CN4[C@@H]5CC[C@H]4C[C@@H](NC(=O)c4ccc(O)c(O)c4Cl)C5)CS[C@H]23)cs1. The molecule has 0 unspecified atom stereocenters. The van der Waals surface area contributed by atoms with Gasteiger partial charge in [-0.2, -0.15) is 0 Å². The zero-order valence-electron chi connectivity index (χ0n) is 27.3. The number of aliphatic carboxylic acids is 3. The Kier molecular flexibility index (Phi) is 10.7. The predicted octanol–water partition coefficient (Wildman–Crippen LogP) is 0.603. The van der Waals surface area contributed by atoms with Crippen LogP contribution in [0.25, 0.3) is 0 Å². The number of nitrogens with one attached hydrogen (secondary N) is 2. The van der Waals surface area contributed by atoms with Crippen LogP contribution in [-0.2, 0) is 28.8 Å². The monoisotopic (exact) mass is 793 g/mol. The summed E-state index contributed by atoms with van der Waals surface area (Å²) < 4.78 is 0. The van der Waals surface area contributed by atoms with Crippen molar-refractivity contribution in [3.63, 3.8) is 0 Å². The molecule has 2 bridgehead atoms. The summed E-state index contributed by atoms with van der Waals surface area (Å²) in [6, 6.07) is 1.07. The number of nitrogens with two attached hydrogens (primary N) is 1. The number of rotatable bonds is 13. The fraction of sp³-hybridized carbons (Fsp3) is 0.419. The summed E-state index contributed by atoms with van der Waals surface area (Å²) in [5.41, 5.74) is 5.32. The van der Waals surface area contributed by atoms with E-state index in [0.29, 0.717) is 18.4 Å². The first-order valence-corrected chi connectivity index (χ1v) is 18.3. The molecular weight excluding hydrogens is 762 g/mol. The Morgan fingerprint density at radius 2 is 1.79 bits per heavy atom. The van der Waals surface area contributed by atoms with Crippen LogP contribution >= 0.6 is 34.7 Å². The molecular formula is C31H32ClN7O12S2. The lowest BCUT2D eigenvalue weighted by atomic mass is 9.95. The Morgan fingerprint density at radius 3 is 2.40 bits per heavy atom. The number of halogens is 1. The lowest BCUT2D eigenvalue weighted by Crippen LogP contribution is -2.71. The zero-order chi connectivity index (χ0) is 38.3. The number of β-lactam (4-membered cyclic amide) rings is 1. The Labute approximate surface area is 312 Å². The minimum atomic E-state index is -1.94. The van der Waals surface area contributed by atoms with Gasteiger partial charge in [0.05, 0.1) is 17.0 Å². The second-order valence-corrected chi connectivity index (χ2v) is 15.0. The molecule has 0 spiro atoms. The highest BCUT2D eigenvalue weighted by atomic mass is 35.5. The minimum absolute atomic E-state index is 0.00282. The summed E-state index contributed by atoms with van der Waals surface area (Å²) in [7, 11) is 0. The molecule has 1 aromatic heterocycles. The first-order valence-electron chi connectivity index (χ1n) is 16.0. The topological polar surface area (TPSA) is 295 Å². The molecule has 5 heterocycles. The third-order valence-corrected chi connectivity index (χ3v) is 11.8. The highest BCUT2D eigenvalue weighted by molar-refractivity contribution is 8.00. The molecule has 1 aromatic carbocycles. The number of carbonyl (C=O) groups excluding carboxylic acids is 3. The van der Waals surface area contributed by atoms with Gasteiger partial charge in [-0.3, -0.25) is 29.0 Å². The third-order valence-electron chi connectivity index (χ3n) is 9.36. The van der Waals surface area contributed by atoms with Crippen molar-refractivity contribution in [3.8, 4) is 11.5 Å². The maximum absolute atomic E-state index is 13.5. The lowest BCUT2D eigenvalue weighted by molar-refractivity contribution is -0.156. The maximum Gasteiger partial charge on any atom is 0.352 e. The molecule has 6 atom stereocenters. The predicted molar refractivity (Wildman–Crippen MR) is 186 cm³/mol. The first kappa shape index (κ1) is 37.6. The van der Waals surface area contributed by atoms with Crippen LogP contribution in [0.15, 0.2) is 33.9 Å². The molecule has 6 rings (SSSR count). The Hall–Kier alpha value is -5.12. The number of aromatic hydroxyl groups is 2. The Balaban J connectivity index is 1.13. The summed E-state index contributed by atoms with van der Waals surface area (Å²) >= 11 is 8.25. The minimum Gasteiger partial charge on any atom is -0.504 e. The van der Waals surface area contributed by atoms with Crippen molar-refractivity contribution in [1.82, 2.24) is 25.4 Å². The van der Waals surface area contributed by atoms with E-state index in [0.717, 1.165) is 29.1 Å². The van der Waals surface area contributed by atoms with Crippen molar-refractivity contribution < 1.29 is 59.1 Å². The molecule has 0 saturated carbocycles. The van der Waals surface area contributed by atoms with Gasteiger partial charge in [-0.25, -0.2) is 14.6 Å². The maximum atomic E-state index is 13.5. The van der Waals surface area contributed by atoms with Crippen LogP contribution in [0.2, 0.25) is 5.02 Å². The summed E-state index contributed by atoms with van der Waals surface area (Å²) in [6.07, 6.45) is -0.166. The largest absolute Gasteiger partial charge is 0.504 e. The van der Waals surface area contributed by atoms with E-state index in [1.165, 1.54) is 29.3 Å². The van der Waals surface area contributed by atoms with E-state index in [-0.39, 0.29) is 57.5 Å². The number of amides is 3. The summed E-state index contributed by atoms with van der Waals surface area (Å²) in [6.45, 7) is 0.260. The van der Waals surface area contributed by atoms with Gasteiger partial charge in [-0.1, -0.05) is 16.8 Å². The zero-order valence-corrected chi connectivity index (χ0v) is 29.7. The van der Waals surface area contributed by atoms with Crippen LogP contribution in [0.3, 0.4) is 0 Å². The van der Waals surface area contributed by atoms with Crippen LogP contribution in [0.1, 0.15) is 48.2 Å². The van der Waals surface area contributed by atoms with Crippen molar-refractivity contribution in [1.29, 1.82) is 0 Å². The van der Waals surface area contributed by atoms with E-state index >= 15 is 0 Å². The summed E-state index contributed by atoms with van der Waals surface area (Å²) in [5, 5.41) is 57.5. The number of thiazole rings is 1. The molecule has 282 valence electrons. The number of oxime groups is 1. The van der Waals surface area contributed by atoms with E-state index in [4.69, 9.17) is 27.3 Å². The molecule has 3 fully saturated rings. The standard InChI is InChI=1S/C31H32ClN7O12S2/c32-20-15(3-4-17(40)24(20)43)25(44)34-12-5-13-1-2-14(6-12)38(13)8-11-9-52-28-22(27(46)39(28)23(11)30(49)50)36-26(45)21(16-10-53-31(33)35-16)37-51-18(29(47)48)7-19(41)42/h3-4,10,12-14,18,22,28,40,43H,1-2,5-9H2,(H2,33,35)(H,34,44)(H,36,45)(H,41,42)(H,47,48)(H,49,50)/b37-21-/t12-,13+,14-,18-,22+,28+/m0/s1. The molecule has 0 radical (unpaired) electrons. The quantitative estimate of drug-likeness (QED) is 0.0596. The molecule has 22 heteroatoms. The number of thioether (sulfide) groups is 1. The number of carboxylic acid groups (broad SMARTS) is 3. The average molecular weight is 794 g/mol. The fourth-order valence-electron chi connectivity index (χ4n) is 6.92. The number of fused-ring (bicyclic) bond motifs is 3. The number of hydrogen-bond acceptors (Lipinski definition) is 15. The van der Waals surface area contributed by atoms with Gasteiger partial charge in [0.25, 0.3) is 17.7 Å². The highest BCUT2D eigenvalue weighted by Gasteiger charge is 2.55. The van der Waals surface area contributed by atoms with Gasteiger partial charge < -0.3 is 46.7 Å². The lowest BCUT2D eigenvalue weighted by Gasteiger charge is -2.50. The van der Waals surface area contributed by atoms with Gasteiger partial charge in [0.1, 0.15) is 22.8 Å². The highest BCUT2D eigenvalue weighted by Crippen LogP contribution is 2.43. The van der Waals surface area contributed by atoms with Gasteiger partial charge in [0, 0.05) is 35.8 Å². The van der Waals surface area contributed by atoms with Gasteiger partial charge >= 0.3 is 17.9 Å². The van der Waals surface area contributed by atoms with Crippen molar-refractivity contribution >= 4 is 81.2 Å². The number of phenols is 2. The number of nitrogens with zero attached hydrogens (tertiary/aromatic N) is 4. The number of nitrogen functional groups attached to an aromatic ring is 1. The first-order chi connectivity index (χ1) is 25.1. The van der Waals surface area contributed by atoms with E-state index in [1.54, 1.807) is 0 Å². The molecule has 4 aliphatic rings. The second kappa shape index (κ2) is 15.1. The molecule has 3 saturated heterocycles. The van der Waals surface area contributed by atoms with Crippen LogP contribution in [-0.4, -0.2) is 130 Å². The number of aromatic nitrogens is 1. The number of carbonyl (C=O) groups is 6. The third kappa shape index (κ3) is 7.54. The number of piperidine rings is 1. The van der Waals surface area contributed by atoms with Crippen molar-refractivity contribution in [2.45, 2.75) is 67.7 Å². The number of phenolic OH excluding ortho intramolecular Hbond substituents is 2. The average Bonchev–Trinajstić information content (AvgIpc) is 3.62. The number of carboxylic acids is 3. The van der Waals surface area contributed by atoms with E-state index in [1.807, 2.05) is 0 Å². The van der Waals surface area contributed by atoms with Gasteiger partial charge in [0.15, 0.2) is 22.3 Å². The van der Waals surface area contributed by atoms with Crippen LogP contribution in [0, 0.1) is 0 Å². The fourth-order valence-corrected chi connectivity index (χ4v) is 9.05. The van der Waals surface area contributed by atoms with Crippen LogP contribution in [0.5, 0.6) is 11.5 Å². The molecule has 3 amide bonds. The number of benzene rings is 1. The normalized spacial score (nSPS) is 24.5. The van der Waals surface area contributed by atoms with Gasteiger partial charge in [0.2, 0.25) is 6.10 Å². The Morgan fingerprint density at radius 1 is 1.09 bits per heavy atom. The molecule has 2 aromatic rings. The van der Waals surface area contributed by atoms with E-state index in [2.05, 4.69) is 25.7 Å². The second-order valence-electron chi connectivity index (χ2n) is 12.7. The van der Waals surface area contributed by atoms with Crippen molar-refractivity contribution in [2.24, 2.45) is 5.16 Å². The number of anilines is 1. The number of hydrogen-bond donors (Lipinski definition) is 8. The van der Waals surface area contributed by atoms with E-state index in [9.17, 15) is 49.2 Å². The molecule has 9 N–H and O–H groups in total. The van der Waals surface area contributed by atoms with E-state index < -0.39 is 76.8 Å². The van der Waals surface area contributed by atoms with Crippen LogP contribution in [0.4, 0.5) is 5.13 Å². The summed E-state index contributed by atoms with van der Waals surface area (Å²) in [4.78, 5) is 87.1. The Bertz CT molecular complexity index is 1940. The molecule has 19 nitrogen and oxygen atoms in total.